The summed E-state index contributed by atoms with van der Waals surface area (Å²) in [5, 5.41) is 12.0. The van der Waals surface area contributed by atoms with Gasteiger partial charge < -0.3 is 10.4 Å². The summed E-state index contributed by atoms with van der Waals surface area (Å²) in [7, 11) is 0. The number of aliphatic hydroxyl groups is 1. The predicted octanol–water partition coefficient (Wildman–Crippen LogP) is 3.04. The summed E-state index contributed by atoms with van der Waals surface area (Å²) < 4.78 is 39.1. The molecule has 3 unspecified atom stereocenters. The zero-order valence-corrected chi connectivity index (χ0v) is 10.5. The lowest BCUT2D eigenvalue weighted by Gasteiger charge is -2.23. The van der Waals surface area contributed by atoms with Crippen LogP contribution in [0.3, 0.4) is 0 Å². The molecule has 0 radical (unpaired) electrons. The average Bonchev–Trinajstić information content (AvgIpc) is 2.75. The van der Waals surface area contributed by atoms with Crippen LogP contribution < -0.4 is 5.32 Å². The van der Waals surface area contributed by atoms with Crippen LogP contribution in [0.25, 0.3) is 0 Å². The summed E-state index contributed by atoms with van der Waals surface area (Å²) in [5.74, 6) is 0.128. The molecule has 3 atom stereocenters. The first-order valence-corrected chi connectivity index (χ1v) is 6.50. The second kappa shape index (κ2) is 5.92. The molecular weight excluding hydrogens is 255 g/mol. The van der Waals surface area contributed by atoms with Crippen LogP contribution in [0, 0.1) is 5.92 Å². The highest BCUT2D eigenvalue weighted by Gasteiger charge is 2.40. The van der Waals surface area contributed by atoms with E-state index in [1.54, 1.807) is 18.2 Å². The molecule has 2 N–H and O–H groups in total. The molecule has 0 amide bonds. The van der Waals surface area contributed by atoms with Gasteiger partial charge in [-0.2, -0.15) is 13.2 Å². The standard InChI is InChI=1S/C14H18F3NO/c15-14(16,17)13(11-4-2-1-3-5-11)18-9-10-6-7-12(19)8-10/h1-5,10,12-13,18-19H,6-9H2. The number of aliphatic hydroxyl groups excluding tert-OH is 1. The zero-order chi connectivity index (χ0) is 13.9. The van der Waals surface area contributed by atoms with Crippen LogP contribution in [0.2, 0.25) is 0 Å². The van der Waals surface area contributed by atoms with Crippen molar-refractivity contribution >= 4 is 0 Å². The van der Waals surface area contributed by atoms with E-state index in [0.29, 0.717) is 12.8 Å². The molecular formula is C14H18F3NO. The monoisotopic (exact) mass is 273 g/mol. The molecule has 19 heavy (non-hydrogen) atoms. The maximum Gasteiger partial charge on any atom is 0.407 e. The normalized spacial score (nSPS) is 25.5. The third-order valence-electron chi connectivity index (χ3n) is 3.58. The number of alkyl halides is 3. The minimum absolute atomic E-state index is 0.128. The molecule has 1 aliphatic rings. The Bertz CT molecular complexity index is 393. The van der Waals surface area contributed by atoms with E-state index in [-0.39, 0.29) is 24.1 Å². The zero-order valence-electron chi connectivity index (χ0n) is 10.5. The smallest absolute Gasteiger partial charge is 0.393 e. The van der Waals surface area contributed by atoms with Crippen LogP contribution in [-0.4, -0.2) is 23.9 Å². The Morgan fingerprint density at radius 1 is 1.21 bits per heavy atom. The van der Waals surface area contributed by atoms with Crippen molar-refractivity contribution in [2.75, 3.05) is 6.54 Å². The number of halogens is 3. The van der Waals surface area contributed by atoms with Gasteiger partial charge in [-0.1, -0.05) is 30.3 Å². The minimum atomic E-state index is -4.31. The average molecular weight is 273 g/mol. The lowest BCUT2D eigenvalue weighted by molar-refractivity contribution is -0.158. The first kappa shape index (κ1) is 14.3. The van der Waals surface area contributed by atoms with Crippen molar-refractivity contribution in [1.29, 1.82) is 0 Å². The second-order valence-electron chi connectivity index (χ2n) is 5.13. The van der Waals surface area contributed by atoms with E-state index in [0.717, 1.165) is 6.42 Å². The van der Waals surface area contributed by atoms with Gasteiger partial charge in [0.25, 0.3) is 0 Å². The Balaban J connectivity index is 1.99. The highest BCUT2D eigenvalue weighted by molar-refractivity contribution is 5.20. The quantitative estimate of drug-likeness (QED) is 0.883. The van der Waals surface area contributed by atoms with Gasteiger partial charge in [0.05, 0.1) is 6.10 Å². The van der Waals surface area contributed by atoms with Crippen molar-refractivity contribution in [1.82, 2.24) is 5.32 Å². The molecule has 5 heteroatoms. The Hall–Kier alpha value is -1.07. The van der Waals surface area contributed by atoms with Gasteiger partial charge in [-0.15, -0.1) is 0 Å². The summed E-state index contributed by atoms with van der Waals surface area (Å²) in [6.07, 6.45) is -2.60. The third kappa shape index (κ3) is 3.94. The second-order valence-corrected chi connectivity index (χ2v) is 5.13. The van der Waals surface area contributed by atoms with Gasteiger partial charge in [-0.25, -0.2) is 0 Å². The highest BCUT2D eigenvalue weighted by Crippen LogP contribution is 2.33. The van der Waals surface area contributed by atoms with Gasteiger partial charge in [-0.05, 0) is 37.3 Å². The molecule has 0 spiro atoms. The van der Waals surface area contributed by atoms with E-state index < -0.39 is 12.2 Å². The topological polar surface area (TPSA) is 32.3 Å². The van der Waals surface area contributed by atoms with Crippen LogP contribution in [0.15, 0.2) is 30.3 Å². The third-order valence-corrected chi connectivity index (χ3v) is 3.58. The van der Waals surface area contributed by atoms with Gasteiger partial charge in [0, 0.05) is 0 Å². The maximum absolute atomic E-state index is 13.0. The Morgan fingerprint density at radius 3 is 2.42 bits per heavy atom. The molecule has 0 aliphatic heterocycles. The van der Waals surface area contributed by atoms with Crippen LogP contribution in [0.4, 0.5) is 13.2 Å². The highest BCUT2D eigenvalue weighted by atomic mass is 19.4. The molecule has 1 fully saturated rings. The van der Waals surface area contributed by atoms with E-state index in [9.17, 15) is 18.3 Å². The summed E-state index contributed by atoms with van der Waals surface area (Å²) >= 11 is 0. The van der Waals surface area contributed by atoms with E-state index in [4.69, 9.17) is 0 Å². The van der Waals surface area contributed by atoms with Crippen molar-refractivity contribution < 1.29 is 18.3 Å². The predicted molar refractivity (Wildman–Crippen MR) is 66.6 cm³/mol. The first-order chi connectivity index (χ1) is 8.97. The molecule has 1 aromatic carbocycles. The fourth-order valence-corrected chi connectivity index (χ4v) is 2.59. The van der Waals surface area contributed by atoms with Crippen LogP contribution in [-0.2, 0) is 0 Å². The van der Waals surface area contributed by atoms with Gasteiger partial charge in [0.1, 0.15) is 6.04 Å². The van der Waals surface area contributed by atoms with Crippen LogP contribution >= 0.6 is 0 Å². The summed E-state index contributed by atoms with van der Waals surface area (Å²) in [6, 6.07) is 6.24. The lowest BCUT2D eigenvalue weighted by atomic mass is 10.0. The molecule has 1 aliphatic carbocycles. The van der Waals surface area contributed by atoms with Gasteiger partial charge >= 0.3 is 6.18 Å². The molecule has 0 bridgehead atoms. The molecule has 0 heterocycles. The molecule has 1 aromatic rings. The largest absolute Gasteiger partial charge is 0.407 e. The Morgan fingerprint density at radius 2 is 1.89 bits per heavy atom. The van der Waals surface area contributed by atoms with Gasteiger partial charge in [-0.3, -0.25) is 0 Å². The number of nitrogens with one attached hydrogen (secondary N) is 1. The van der Waals surface area contributed by atoms with Crippen LogP contribution in [0.1, 0.15) is 30.9 Å². The molecule has 106 valence electrons. The Kier molecular flexibility index (Phi) is 4.47. The van der Waals surface area contributed by atoms with Crippen LogP contribution in [0.5, 0.6) is 0 Å². The maximum atomic E-state index is 13.0. The molecule has 0 aromatic heterocycles. The minimum Gasteiger partial charge on any atom is -0.393 e. The SMILES string of the molecule is OC1CCC(CNC(c2ccccc2)C(F)(F)F)C1. The van der Waals surface area contributed by atoms with Crippen molar-refractivity contribution in [3.8, 4) is 0 Å². The summed E-state index contributed by atoms with van der Waals surface area (Å²) in [5.41, 5.74) is 0.230. The summed E-state index contributed by atoms with van der Waals surface area (Å²) in [4.78, 5) is 0. The van der Waals surface area contributed by atoms with E-state index >= 15 is 0 Å². The fourth-order valence-electron chi connectivity index (χ4n) is 2.59. The fraction of sp³-hybridized carbons (Fsp3) is 0.571. The van der Waals surface area contributed by atoms with Crippen molar-refractivity contribution in [2.45, 2.75) is 37.6 Å². The van der Waals surface area contributed by atoms with Gasteiger partial charge in [0.15, 0.2) is 0 Å². The van der Waals surface area contributed by atoms with E-state index in [2.05, 4.69) is 5.32 Å². The van der Waals surface area contributed by atoms with Gasteiger partial charge in [0.2, 0.25) is 0 Å². The molecule has 0 saturated heterocycles. The molecule has 1 saturated carbocycles. The van der Waals surface area contributed by atoms with Crippen molar-refractivity contribution in [3.63, 3.8) is 0 Å². The number of hydrogen-bond donors (Lipinski definition) is 2. The van der Waals surface area contributed by atoms with E-state index in [1.165, 1.54) is 12.1 Å². The molecule has 2 nitrogen and oxygen atoms in total. The van der Waals surface area contributed by atoms with E-state index in [1.807, 2.05) is 0 Å². The Labute approximate surface area is 110 Å². The lowest BCUT2D eigenvalue weighted by Crippen LogP contribution is -2.36. The van der Waals surface area contributed by atoms with Crippen molar-refractivity contribution in [3.05, 3.63) is 35.9 Å². The number of hydrogen-bond acceptors (Lipinski definition) is 2. The molecule has 2 rings (SSSR count). The first-order valence-electron chi connectivity index (χ1n) is 6.50. The summed E-state index contributed by atoms with van der Waals surface area (Å²) in [6.45, 7) is 0.288. The number of benzene rings is 1. The van der Waals surface area contributed by atoms with Crippen molar-refractivity contribution in [2.24, 2.45) is 5.92 Å². The number of rotatable bonds is 4.